The van der Waals surface area contributed by atoms with Crippen molar-refractivity contribution < 1.29 is 12.8 Å². The number of halogens is 1. The maximum absolute atomic E-state index is 13.4. The van der Waals surface area contributed by atoms with Crippen molar-refractivity contribution in [3.8, 4) is 0 Å². The molecule has 6 heteroatoms. The molecule has 0 radical (unpaired) electrons. The molecular weight excluding hydrogens is 243 g/mol. The minimum Gasteiger partial charge on any atom is -0.316 e. The molecule has 0 aliphatic heterocycles. The van der Waals surface area contributed by atoms with Crippen LogP contribution in [0.15, 0.2) is 23.1 Å². The van der Waals surface area contributed by atoms with Crippen LogP contribution in [0.5, 0.6) is 0 Å². The first-order chi connectivity index (χ1) is 7.86. The van der Waals surface area contributed by atoms with Crippen molar-refractivity contribution in [3.05, 3.63) is 29.6 Å². The highest BCUT2D eigenvalue weighted by Gasteiger charge is 2.19. The van der Waals surface area contributed by atoms with Crippen LogP contribution >= 0.6 is 0 Å². The lowest BCUT2D eigenvalue weighted by Gasteiger charge is -2.12. The summed E-state index contributed by atoms with van der Waals surface area (Å²) in [6.45, 7) is 3.76. The lowest BCUT2D eigenvalue weighted by Crippen LogP contribution is -2.37. The van der Waals surface area contributed by atoms with Gasteiger partial charge in [-0.15, -0.1) is 0 Å². The van der Waals surface area contributed by atoms with Gasteiger partial charge in [-0.3, -0.25) is 0 Å². The zero-order valence-corrected chi connectivity index (χ0v) is 10.9. The van der Waals surface area contributed by atoms with Crippen molar-refractivity contribution in [1.82, 2.24) is 10.0 Å². The highest BCUT2D eigenvalue weighted by molar-refractivity contribution is 7.89. The molecule has 0 saturated heterocycles. The average Bonchev–Trinajstić information content (AvgIpc) is 2.29. The minimum absolute atomic E-state index is 0.0161. The summed E-state index contributed by atoms with van der Waals surface area (Å²) in [5.41, 5.74) is 0.702. The molecule has 0 aromatic heterocycles. The first-order valence-corrected chi connectivity index (χ1v) is 6.78. The lowest BCUT2D eigenvalue weighted by molar-refractivity contribution is 0.540. The van der Waals surface area contributed by atoms with Crippen molar-refractivity contribution >= 4 is 10.0 Å². The van der Waals surface area contributed by atoms with Crippen LogP contribution < -0.4 is 10.0 Å². The molecule has 0 amide bonds. The molecule has 0 spiro atoms. The number of hydrogen-bond donors (Lipinski definition) is 2. The number of hydrogen-bond acceptors (Lipinski definition) is 3. The summed E-state index contributed by atoms with van der Waals surface area (Å²) in [6.07, 6.45) is 0. The van der Waals surface area contributed by atoms with Gasteiger partial charge < -0.3 is 5.32 Å². The third-order valence-corrected chi connectivity index (χ3v) is 3.89. The predicted molar refractivity (Wildman–Crippen MR) is 64.8 cm³/mol. The highest BCUT2D eigenvalue weighted by Crippen LogP contribution is 2.15. The van der Waals surface area contributed by atoms with E-state index >= 15 is 0 Å². The van der Waals surface area contributed by atoms with Gasteiger partial charge in [-0.2, -0.15) is 0 Å². The SMILES string of the molecule is CNC(C)CNS(=O)(=O)c1cc(C)ccc1F. The number of benzene rings is 1. The standard InChI is InChI=1S/C11H17FN2O2S/c1-8-4-5-10(12)11(6-8)17(15,16)14-7-9(2)13-3/h4-6,9,13-14H,7H2,1-3H3. The fourth-order valence-corrected chi connectivity index (χ4v) is 2.52. The predicted octanol–water partition coefficient (Wildman–Crippen LogP) is 1.02. The Bertz CT molecular complexity index is 488. The quantitative estimate of drug-likeness (QED) is 0.831. The van der Waals surface area contributed by atoms with E-state index in [1.54, 1.807) is 14.0 Å². The first kappa shape index (κ1) is 14.1. The summed E-state index contributed by atoms with van der Waals surface area (Å²) in [4.78, 5) is -0.305. The fraction of sp³-hybridized carbons (Fsp3) is 0.455. The Labute approximate surface area is 101 Å². The van der Waals surface area contributed by atoms with E-state index < -0.39 is 15.8 Å². The molecule has 4 nitrogen and oxygen atoms in total. The summed E-state index contributed by atoms with van der Waals surface area (Å²) in [6, 6.07) is 4.00. The van der Waals surface area contributed by atoms with Gasteiger partial charge in [-0.1, -0.05) is 6.07 Å². The van der Waals surface area contributed by atoms with Gasteiger partial charge in [0.25, 0.3) is 0 Å². The second kappa shape index (κ2) is 5.57. The van der Waals surface area contributed by atoms with Crippen molar-refractivity contribution in [1.29, 1.82) is 0 Å². The van der Waals surface area contributed by atoms with E-state index in [4.69, 9.17) is 0 Å². The van der Waals surface area contributed by atoms with Crippen LogP contribution in [0.2, 0.25) is 0 Å². The molecule has 0 aliphatic rings. The molecule has 2 N–H and O–H groups in total. The Morgan fingerprint density at radius 3 is 2.65 bits per heavy atom. The smallest absolute Gasteiger partial charge is 0.243 e. The average molecular weight is 260 g/mol. The Hall–Kier alpha value is -0.980. The highest BCUT2D eigenvalue weighted by atomic mass is 32.2. The van der Waals surface area contributed by atoms with E-state index in [1.165, 1.54) is 12.1 Å². The second-order valence-electron chi connectivity index (χ2n) is 3.98. The molecule has 0 aliphatic carbocycles. The van der Waals surface area contributed by atoms with Gasteiger partial charge in [-0.05, 0) is 38.6 Å². The molecule has 17 heavy (non-hydrogen) atoms. The Kier molecular flexibility index (Phi) is 4.62. The molecule has 1 aromatic carbocycles. The minimum atomic E-state index is -3.78. The van der Waals surface area contributed by atoms with E-state index in [-0.39, 0.29) is 17.5 Å². The number of sulfonamides is 1. The van der Waals surface area contributed by atoms with Crippen LogP contribution in [-0.2, 0) is 10.0 Å². The number of nitrogens with one attached hydrogen (secondary N) is 2. The number of rotatable bonds is 5. The van der Waals surface area contributed by atoms with E-state index in [0.29, 0.717) is 5.56 Å². The fourth-order valence-electron chi connectivity index (χ4n) is 1.23. The topological polar surface area (TPSA) is 58.2 Å². The van der Waals surface area contributed by atoms with Crippen LogP contribution in [0.4, 0.5) is 4.39 Å². The molecule has 0 fully saturated rings. The van der Waals surface area contributed by atoms with Gasteiger partial charge in [0.05, 0.1) is 0 Å². The summed E-state index contributed by atoms with van der Waals surface area (Å²) in [7, 11) is -2.06. The Morgan fingerprint density at radius 2 is 2.06 bits per heavy atom. The second-order valence-corrected chi connectivity index (χ2v) is 5.71. The van der Waals surface area contributed by atoms with E-state index in [9.17, 15) is 12.8 Å². The summed E-state index contributed by atoms with van der Waals surface area (Å²) < 4.78 is 39.5. The molecule has 1 atom stereocenters. The van der Waals surface area contributed by atoms with Gasteiger partial charge in [0.1, 0.15) is 10.7 Å². The summed E-state index contributed by atoms with van der Waals surface area (Å²) in [5, 5.41) is 2.89. The van der Waals surface area contributed by atoms with Gasteiger partial charge >= 0.3 is 0 Å². The zero-order chi connectivity index (χ0) is 13.1. The largest absolute Gasteiger partial charge is 0.316 e. The van der Waals surface area contributed by atoms with E-state index in [2.05, 4.69) is 10.0 Å². The summed E-state index contributed by atoms with van der Waals surface area (Å²) in [5.74, 6) is -0.736. The van der Waals surface area contributed by atoms with Gasteiger partial charge in [0.2, 0.25) is 10.0 Å². The maximum Gasteiger partial charge on any atom is 0.243 e. The van der Waals surface area contributed by atoms with Gasteiger partial charge in [-0.25, -0.2) is 17.5 Å². The normalized spacial score (nSPS) is 13.6. The number of likely N-dealkylation sites (N-methyl/N-ethyl adjacent to an activating group) is 1. The monoisotopic (exact) mass is 260 g/mol. The Morgan fingerprint density at radius 1 is 1.41 bits per heavy atom. The van der Waals surface area contributed by atoms with Crippen molar-refractivity contribution in [2.75, 3.05) is 13.6 Å². The van der Waals surface area contributed by atoms with Crippen molar-refractivity contribution in [3.63, 3.8) is 0 Å². The molecule has 1 rings (SSSR count). The van der Waals surface area contributed by atoms with E-state index in [0.717, 1.165) is 6.07 Å². The molecule has 1 unspecified atom stereocenters. The van der Waals surface area contributed by atoms with Gasteiger partial charge in [0.15, 0.2) is 0 Å². The zero-order valence-electron chi connectivity index (χ0n) is 10.1. The molecule has 96 valence electrons. The summed E-state index contributed by atoms with van der Waals surface area (Å²) >= 11 is 0. The Balaban J connectivity index is 2.93. The van der Waals surface area contributed by atoms with Crippen LogP contribution in [-0.4, -0.2) is 28.1 Å². The van der Waals surface area contributed by atoms with Crippen molar-refractivity contribution in [2.45, 2.75) is 24.8 Å². The third kappa shape index (κ3) is 3.76. The van der Waals surface area contributed by atoms with Crippen molar-refractivity contribution in [2.24, 2.45) is 0 Å². The van der Waals surface area contributed by atoms with Crippen LogP contribution in [0.1, 0.15) is 12.5 Å². The van der Waals surface area contributed by atoms with Gasteiger partial charge in [0, 0.05) is 12.6 Å². The van der Waals surface area contributed by atoms with Crippen LogP contribution in [0.3, 0.4) is 0 Å². The van der Waals surface area contributed by atoms with Crippen LogP contribution in [0, 0.1) is 12.7 Å². The lowest BCUT2D eigenvalue weighted by atomic mass is 10.2. The molecule has 0 bridgehead atoms. The third-order valence-electron chi connectivity index (χ3n) is 2.45. The maximum atomic E-state index is 13.4. The molecule has 0 heterocycles. The van der Waals surface area contributed by atoms with E-state index in [1.807, 2.05) is 6.92 Å². The number of aryl methyl sites for hydroxylation is 1. The molecule has 0 saturated carbocycles. The first-order valence-electron chi connectivity index (χ1n) is 5.30. The van der Waals surface area contributed by atoms with Crippen LogP contribution in [0.25, 0.3) is 0 Å². The molecular formula is C11H17FN2O2S. The molecule has 1 aromatic rings.